The molecule has 1 aliphatic rings. The third-order valence-electron chi connectivity index (χ3n) is 4.50. The Kier molecular flexibility index (Phi) is 6.61. The molecule has 3 unspecified atom stereocenters. The molecule has 2 amide bonds. The predicted octanol–water partition coefficient (Wildman–Crippen LogP) is 2.28. The molecule has 1 aromatic rings. The molecule has 1 aromatic carbocycles. The summed E-state index contributed by atoms with van der Waals surface area (Å²) in [4.78, 5) is 25.3. The average Bonchev–Trinajstić information content (AvgIpc) is 2.56. The number of hydrogen-bond acceptors (Lipinski definition) is 3. The second-order valence-corrected chi connectivity index (χ2v) is 6.28. The minimum absolute atomic E-state index is 0.00362. The van der Waals surface area contributed by atoms with Crippen LogP contribution in [0.4, 0.5) is 4.79 Å². The van der Waals surface area contributed by atoms with Gasteiger partial charge < -0.3 is 20.1 Å². The van der Waals surface area contributed by atoms with Crippen LogP contribution in [0.1, 0.15) is 32.3 Å². The van der Waals surface area contributed by atoms with E-state index in [1.807, 2.05) is 44.2 Å². The maximum atomic E-state index is 12.6. The monoisotopic (exact) mass is 334 g/mol. The molecular formula is C18H26N2O4. The molecule has 24 heavy (non-hydrogen) atoms. The van der Waals surface area contributed by atoms with Crippen molar-refractivity contribution in [2.45, 2.75) is 51.3 Å². The van der Waals surface area contributed by atoms with Gasteiger partial charge in [-0.3, -0.25) is 4.79 Å². The standard InChI is InChI=1S/C18H26N2O4/c1-13-14(2)24-11-10-20(13)18(23)19-16(8-9-17(21)22)12-15-6-4-3-5-7-15/h3-7,13-14,16H,8-12H2,1-2H3,(H,19,23)(H,21,22). The number of amides is 2. The van der Waals surface area contributed by atoms with Gasteiger partial charge in [0.15, 0.2) is 0 Å². The normalized spacial score (nSPS) is 22.0. The molecule has 0 bridgehead atoms. The van der Waals surface area contributed by atoms with Crippen molar-refractivity contribution in [1.82, 2.24) is 10.2 Å². The number of nitrogens with zero attached hydrogens (tertiary/aromatic N) is 1. The van der Waals surface area contributed by atoms with E-state index in [0.717, 1.165) is 5.56 Å². The van der Waals surface area contributed by atoms with Crippen molar-refractivity contribution >= 4 is 12.0 Å². The number of ether oxygens (including phenoxy) is 1. The molecule has 1 heterocycles. The highest BCUT2D eigenvalue weighted by atomic mass is 16.5. The van der Waals surface area contributed by atoms with Crippen LogP contribution in [0, 0.1) is 0 Å². The Morgan fingerprint density at radius 1 is 1.33 bits per heavy atom. The van der Waals surface area contributed by atoms with Crippen LogP contribution < -0.4 is 5.32 Å². The number of hydrogen-bond donors (Lipinski definition) is 2. The number of benzene rings is 1. The van der Waals surface area contributed by atoms with Gasteiger partial charge in [-0.2, -0.15) is 0 Å². The molecule has 132 valence electrons. The largest absolute Gasteiger partial charge is 0.481 e. The fourth-order valence-electron chi connectivity index (χ4n) is 2.90. The van der Waals surface area contributed by atoms with Gasteiger partial charge in [-0.15, -0.1) is 0 Å². The second kappa shape index (κ2) is 8.68. The third kappa shape index (κ3) is 5.23. The van der Waals surface area contributed by atoms with Gasteiger partial charge in [0.05, 0.1) is 18.8 Å². The molecule has 3 atom stereocenters. The van der Waals surface area contributed by atoms with Crippen molar-refractivity contribution in [3.63, 3.8) is 0 Å². The van der Waals surface area contributed by atoms with Crippen molar-refractivity contribution in [2.75, 3.05) is 13.2 Å². The zero-order chi connectivity index (χ0) is 17.5. The van der Waals surface area contributed by atoms with Crippen LogP contribution in [-0.4, -0.2) is 53.3 Å². The Hall–Kier alpha value is -2.08. The number of carbonyl (C=O) groups is 2. The van der Waals surface area contributed by atoms with E-state index in [-0.39, 0.29) is 30.6 Å². The number of aliphatic carboxylic acids is 1. The lowest BCUT2D eigenvalue weighted by Gasteiger charge is -2.38. The smallest absolute Gasteiger partial charge is 0.318 e. The van der Waals surface area contributed by atoms with Crippen LogP contribution in [0.5, 0.6) is 0 Å². The van der Waals surface area contributed by atoms with Crippen LogP contribution in [0.3, 0.4) is 0 Å². The molecule has 6 heteroatoms. The van der Waals surface area contributed by atoms with Gasteiger partial charge in [0.25, 0.3) is 0 Å². The summed E-state index contributed by atoms with van der Waals surface area (Å²) in [6.07, 6.45) is 1.06. The summed E-state index contributed by atoms with van der Waals surface area (Å²) < 4.78 is 5.55. The molecule has 6 nitrogen and oxygen atoms in total. The van der Waals surface area contributed by atoms with Gasteiger partial charge in [0.1, 0.15) is 0 Å². The molecule has 0 spiro atoms. The van der Waals surface area contributed by atoms with Crippen LogP contribution in [-0.2, 0) is 16.0 Å². The minimum atomic E-state index is -0.851. The van der Waals surface area contributed by atoms with E-state index in [2.05, 4.69) is 5.32 Å². The molecule has 0 aliphatic carbocycles. The summed E-state index contributed by atoms with van der Waals surface area (Å²) in [6.45, 7) is 4.99. The van der Waals surface area contributed by atoms with Crippen LogP contribution in [0.2, 0.25) is 0 Å². The molecule has 1 aliphatic heterocycles. The summed E-state index contributed by atoms with van der Waals surface area (Å²) in [5, 5.41) is 12.0. The van der Waals surface area contributed by atoms with Gasteiger partial charge in [0.2, 0.25) is 0 Å². The Bertz CT molecular complexity index is 549. The van der Waals surface area contributed by atoms with Crippen molar-refractivity contribution in [2.24, 2.45) is 0 Å². The van der Waals surface area contributed by atoms with Crippen LogP contribution >= 0.6 is 0 Å². The first-order valence-electron chi connectivity index (χ1n) is 8.42. The number of urea groups is 1. The number of rotatable bonds is 6. The Morgan fingerprint density at radius 2 is 2.04 bits per heavy atom. The quantitative estimate of drug-likeness (QED) is 0.836. The highest BCUT2D eigenvalue weighted by Crippen LogP contribution is 2.15. The molecule has 0 radical (unpaired) electrons. The Morgan fingerprint density at radius 3 is 2.71 bits per heavy atom. The Balaban J connectivity index is 2.00. The molecular weight excluding hydrogens is 308 g/mol. The van der Waals surface area contributed by atoms with Crippen LogP contribution in [0.15, 0.2) is 30.3 Å². The number of carbonyl (C=O) groups excluding carboxylic acids is 1. The zero-order valence-electron chi connectivity index (χ0n) is 14.3. The third-order valence-corrected chi connectivity index (χ3v) is 4.50. The van der Waals surface area contributed by atoms with Gasteiger partial charge in [0, 0.05) is 19.0 Å². The van der Waals surface area contributed by atoms with Gasteiger partial charge in [-0.25, -0.2) is 4.79 Å². The van der Waals surface area contributed by atoms with Crippen LogP contribution in [0.25, 0.3) is 0 Å². The molecule has 0 aromatic heterocycles. The van der Waals surface area contributed by atoms with E-state index in [1.54, 1.807) is 4.90 Å². The second-order valence-electron chi connectivity index (χ2n) is 6.28. The molecule has 1 fully saturated rings. The molecule has 2 N–H and O–H groups in total. The highest BCUT2D eigenvalue weighted by Gasteiger charge is 2.30. The number of carboxylic acids is 1. The van der Waals surface area contributed by atoms with Gasteiger partial charge >= 0.3 is 12.0 Å². The predicted molar refractivity (Wildman–Crippen MR) is 90.9 cm³/mol. The zero-order valence-corrected chi connectivity index (χ0v) is 14.3. The summed E-state index contributed by atoms with van der Waals surface area (Å²) in [5.74, 6) is -0.851. The van der Waals surface area contributed by atoms with E-state index < -0.39 is 5.97 Å². The Labute approximate surface area is 142 Å². The van der Waals surface area contributed by atoms with E-state index >= 15 is 0 Å². The van der Waals surface area contributed by atoms with E-state index in [4.69, 9.17) is 9.84 Å². The summed E-state index contributed by atoms with van der Waals surface area (Å²) in [6, 6.07) is 9.43. The summed E-state index contributed by atoms with van der Waals surface area (Å²) in [5.41, 5.74) is 1.08. The van der Waals surface area contributed by atoms with Crippen molar-refractivity contribution in [3.05, 3.63) is 35.9 Å². The van der Waals surface area contributed by atoms with E-state index in [9.17, 15) is 9.59 Å². The number of morpholine rings is 1. The maximum absolute atomic E-state index is 12.6. The fraction of sp³-hybridized carbons (Fsp3) is 0.556. The first-order chi connectivity index (χ1) is 11.5. The first-order valence-corrected chi connectivity index (χ1v) is 8.42. The van der Waals surface area contributed by atoms with E-state index in [0.29, 0.717) is 26.0 Å². The van der Waals surface area contributed by atoms with E-state index in [1.165, 1.54) is 0 Å². The van der Waals surface area contributed by atoms with Crippen molar-refractivity contribution < 1.29 is 19.4 Å². The highest BCUT2D eigenvalue weighted by molar-refractivity contribution is 5.75. The summed E-state index contributed by atoms with van der Waals surface area (Å²) >= 11 is 0. The maximum Gasteiger partial charge on any atom is 0.318 e. The van der Waals surface area contributed by atoms with Crippen molar-refractivity contribution in [1.29, 1.82) is 0 Å². The minimum Gasteiger partial charge on any atom is -0.481 e. The summed E-state index contributed by atoms with van der Waals surface area (Å²) in [7, 11) is 0. The van der Waals surface area contributed by atoms with Gasteiger partial charge in [-0.1, -0.05) is 30.3 Å². The van der Waals surface area contributed by atoms with Crippen molar-refractivity contribution in [3.8, 4) is 0 Å². The lowest BCUT2D eigenvalue weighted by Crippen LogP contribution is -2.56. The first kappa shape index (κ1) is 18.3. The number of nitrogens with one attached hydrogen (secondary N) is 1. The average molecular weight is 334 g/mol. The molecule has 1 saturated heterocycles. The molecule has 0 saturated carbocycles. The SMILES string of the molecule is CC1OCCN(C(=O)NC(CCC(=O)O)Cc2ccccc2)C1C. The van der Waals surface area contributed by atoms with Gasteiger partial charge in [-0.05, 0) is 32.3 Å². The topological polar surface area (TPSA) is 78.9 Å². The lowest BCUT2D eigenvalue weighted by atomic mass is 10.0. The number of carboxylic acid groups (broad SMARTS) is 1. The fourth-order valence-corrected chi connectivity index (χ4v) is 2.90. The lowest BCUT2D eigenvalue weighted by molar-refractivity contribution is -0.137. The molecule has 2 rings (SSSR count).